The molecule has 1 saturated heterocycles. The van der Waals surface area contributed by atoms with Gasteiger partial charge in [-0.1, -0.05) is 29.8 Å². The van der Waals surface area contributed by atoms with E-state index in [9.17, 15) is 9.59 Å². The number of ether oxygens (including phenoxy) is 2. The molecule has 1 fully saturated rings. The minimum atomic E-state index is -1.20. The molecule has 1 heterocycles. The third kappa shape index (κ3) is 2.59. The number of benzene rings is 1. The lowest BCUT2D eigenvalue weighted by atomic mass is 10.1. The number of cyclic esters (lactones) is 2. The molecule has 0 amide bonds. The van der Waals surface area contributed by atoms with Crippen molar-refractivity contribution in [3.63, 3.8) is 0 Å². The Labute approximate surface area is 105 Å². The molecule has 1 aromatic rings. The van der Waals surface area contributed by atoms with Crippen molar-refractivity contribution in [2.75, 3.05) is 0 Å². The Kier molecular flexibility index (Phi) is 2.95. The third-order valence-electron chi connectivity index (χ3n) is 2.51. The first kappa shape index (κ1) is 12.4. The molecular formula is C14H14O4. The van der Waals surface area contributed by atoms with E-state index in [2.05, 4.69) is 0 Å². The predicted octanol–water partition coefficient (Wildman–Crippen LogP) is 2.21. The fourth-order valence-corrected chi connectivity index (χ4v) is 1.61. The highest BCUT2D eigenvalue weighted by atomic mass is 16.7. The van der Waals surface area contributed by atoms with Gasteiger partial charge in [-0.25, -0.2) is 9.59 Å². The van der Waals surface area contributed by atoms with Gasteiger partial charge in [0.25, 0.3) is 5.79 Å². The topological polar surface area (TPSA) is 52.6 Å². The summed E-state index contributed by atoms with van der Waals surface area (Å²) in [6, 6.07) is 7.44. The molecule has 1 aromatic carbocycles. The van der Waals surface area contributed by atoms with Gasteiger partial charge in [0.15, 0.2) is 0 Å². The summed E-state index contributed by atoms with van der Waals surface area (Å²) in [5, 5.41) is 0. The van der Waals surface area contributed by atoms with E-state index in [0.717, 1.165) is 11.1 Å². The Morgan fingerprint density at radius 3 is 2.00 bits per heavy atom. The van der Waals surface area contributed by atoms with E-state index in [1.807, 2.05) is 31.2 Å². The standard InChI is InChI=1S/C14H14O4/c1-9-4-6-10(7-5-9)8-11-12(15)17-14(2,3)18-13(11)16/h4-8H,1-3H3. The van der Waals surface area contributed by atoms with Crippen LogP contribution < -0.4 is 0 Å². The molecule has 1 aliphatic rings. The van der Waals surface area contributed by atoms with Gasteiger partial charge >= 0.3 is 11.9 Å². The number of hydrogen-bond donors (Lipinski definition) is 0. The molecule has 0 unspecified atom stereocenters. The summed E-state index contributed by atoms with van der Waals surface area (Å²) >= 11 is 0. The molecule has 18 heavy (non-hydrogen) atoms. The molecule has 2 rings (SSSR count). The minimum Gasteiger partial charge on any atom is -0.419 e. The van der Waals surface area contributed by atoms with Crippen LogP contribution in [0.5, 0.6) is 0 Å². The summed E-state index contributed by atoms with van der Waals surface area (Å²) in [4.78, 5) is 23.4. The molecule has 0 N–H and O–H groups in total. The van der Waals surface area contributed by atoms with Crippen molar-refractivity contribution in [1.29, 1.82) is 0 Å². The molecule has 0 radical (unpaired) electrons. The Morgan fingerprint density at radius 1 is 1.00 bits per heavy atom. The van der Waals surface area contributed by atoms with Gasteiger partial charge in [-0.3, -0.25) is 0 Å². The highest BCUT2D eigenvalue weighted by molar-refractivity contribution is 6.18. The first-order chi connectivity index (χ1) is 8.37. The first-order valence-corrected chi connectivity index (χ1v) is 5.62. The van der Waals surface area contributed by atoms with Gasteiger partial charge in [-0.15, -0.1) is 0 Å². The summed E-state index contributed by atoms with van der Waals surface area (Å²) in [7, 11) is 0. The second-order valence-corrected chi connectivity index (χ2v) is 4.65. The average molecular weight is 246 g/mol. The van der Waals surface area contributed by atoms with Crippen LogP contribution >= 0.6 is 0 Å². The van der Waals surface area contributed by atoms with Crippen LogP contribution in [0, 0.1) is 6.92 Å². The van der Waals surface area contributed by atoms with Crippen molar-refractivity contribution >= 4 is 18.0 Å². The van der Waals surface area contributed by atoms with Crippen LogP contribution in [0.4, 0.5) is 0 Å². The molecule has 94 valence electrons. The number of aryl methyl sites for hydroxylation is 1. The van der Waals surface area contributed by atoms with E-state index in [4.69, 9.17) is 9.47 Å². The quantitative estimate of drug-likeness (QED) is 0.433. The second kappa shape index (κ2) is 4.29. The van der Waals surface area contributed by atoms with Gasteiger partial charge < -0.3 is 9.47 Å². The van der Waals surface area contributed by atoms with Crippen molar-refractivity contribution in [2.45, 2.75) is 26.6 Å². The zero-order valence-electron chi connectivity index (χ0n) is 10.5. The van der Waals surface area contributed by atoms with E-state index in [1.54, 1.807) is 0 Å². The maximum atomic E-state index is 11.7. The average Bonchev–Trinajstić information content (AvgIpc) is 2.24. The zero-order valence-corrected chi connectivity index (χ0v) is 10.5. The van der Waals surface area contributed by atoms with Crippen molar-refractivity contribution in [1.82, 2.24) is 0 Å². The van der Waals surface area contributed by atoms with Gasteiger partial charge in [0, 0.05) is 13.8 Å². The number of carbonyl (C=O) groups excluding carboxylic acids is 2. The second-order valence-electron chi connectivity index (χ2n) is 4.65. The van der Waals surface area contributed by atoms with Crippen LogP contribution in [0.25, 0.3) is 6.08 Å². The van der Waals surface area contributed by atoms with Crippen LogP contribution in [0.2, 0.25) is 0 Å². The molecule has 4 nitrogen and oxygen atoms in total. The molecule has 0 aromatic heterocycles. The lowest BCUT2D eigenvalue weighted by Gasteiger charge is -2.29. The van der Waals surface area contributed by atoms with E-state index in [0.29, 0.717) is 0 Å². The van der Waals surface area contributed by atoms with Crippen molar-refractivity contribution in [3.8, 4) is 0 Å². The fraction of sp³-hybridized carbons (Fsp3) is 0.286. The highest BCUT2D eigenvalue weighted by Crippen LogP contribution is 2.24. The van der Waals surface area contributed by atoms with Gasteiger partial charge in [-0.05, 0) is 18.6 Å². The van der Waals surface area contributed by atoms with Gasteiger partial charge in [0.2, 0.25) is 0 Å². The lowest BCUT2D eigenvalue weighted by molar-refractivity contribution is -0.222. The summed E-state index contributed by atoms with van der Waals surface area (Å²) < 4.78 is 10.0. The first-order valence-electron chi connectivity index (χ1n) is 5.62. The lowest BCUT2D eigenvalue weighted by Crippen LogP contribution is -2.41. The van der Waals surface area contributed by atoms with Crippen molar-refractivity contribution in [3.05, 3.63) is 41.0 Å². The van der Waals surface area contributed by atoms with Crippen molar-refractivity contribution in [2.24, 2.45) is 0 Å². The molecule has 4 heteroatoms. The predicted molar refractivity (Wildman–Crippen MR) is 65.4 cm³/mol. The highest BCUT2D eigenvalue weighted by Gasteiger charge is 2.38. The molecule has 0 bridgehead atoms. The van der Waals surface area contributed by atoms with Gasteiger partial charge in [-0.2, -0.15) is 0 Å². The number of carbonyl (C=O) groups is 2. The van der Waals surface area contributed by atoms with Crippen LogP contribution in [0.15, 0.2) is 29.8 Å². The van der Waals surface area contributed by atoms with E-state index in [-0.39, 0.29) is 5.57 Å². The van der Waals surface area contributed by atoms with E-state index < -0.39 is 17.7 Å². The fourth-order valence-electron chi connectivity index (χ4n) is 1.61. The number of rotatable bonds is 1. The Balaban J connectivity index is 2.30. The van der Waals surface area contributed by atoms with Crippen LogP contribution in [-0.4, -0.2) is 17.7 Å². The summed E-state index contributed by atoms with van der Waals surface area (Å²) in [6.07, 6.45) is 1.47. The smallest absolute Gasteiger partial charge is 0.348 e. The summed E-state index contributed by atoms with van der Waals surface area (Å²) in [6.45, 7) is 5.00. The summed E-state index contributed by atoms with van der Waals surface area (Å²) in [5.41, 5.74) is 1.77. The van der Waals surface area contributed by atoms with E-state index in [1.165, 1.54) is 19.9 Å². The van der Waals surface area contributed by atoms with Crippen LogP contribution in [0.3, 0.4) is 0 Å². The Hall–Kier alpha value is -2.10. The number of esters is 2. The van der Waals surface area contributed by atoms with Crippen molar-refractivity contribution < 1.29 is 19.1 Å². The maximum absolute atomic E-state index is 11.7. The van der Waals surface area contributed by atoms with E-state index >= 15 is 0 Å². The molecule has 0 spiro atoms. The number of hydrogen-bond acceptors (Lipinski definition) is 4. The largest absolute Gasteiger partial charge is 0.419 e. The normalized spacial score (nSPS) is 18.1. The zero-order chi connectivity index (χ0) is 13.3. The van der Waals surface area contributed by atoms with Gasteiger partial charge in [0.05, 0.1) is 0 Å². The SMILES string of the molecule is Cc1ccc(C=C2C(=O)OC(C)(C)OC2=O)cc1. The maximum Gasteiger partial charge on any atom is 0.348 e. The van der Waals surface area contributed by atoms with Gasteiger partial charge in [0.1, 0.15) is 5.57 Å². The molecule has 0 saturated carbocycles. The molecule has 1 aliphatic heterocycles. The molecule has 0 atom stereocenters. The molecule has 0 aliphatic carbocycles. The third-order valence-corrected chi connectivity index (χ3v) is 2.51. The summed E-state index contributed by atoms with van der Waals surface area (Å²) in [5.74, 6) is -2.51. The van der Waals surface area contributed by atoms with Crippen LogP contribution in [-0.2, 0) is 19.1 Å². The molecular weight excluding hydrogens is 232 g/mol. The minimum absolute atomic E-state index is 0.0850. The monoisotopic (exact) mass is 246 g/mol. The Bertz CT molecular complexity index is 501. The Morgan fingerprint density at radius 2 is 1.50 bits per heavy atom. The van der Waals surface area contributed by atoms with Crippen LogP contribution in [0.1, 0.15) is 25.0 Å².